The summed E-state index contributed by atoms with van der Waals surface area (Å²) in [5.74, 6) is -1.87. The Morgan fingerprint density at radius 1 is 0.712 bits per heavy atom. The third kappa shape index (κ3) is 14.8. The first-order valence-electron chi connectivity index (χ1n) is 18.9. The van der Waals surface area contributed by atoms with Gasteiger partial charge in [0.15, 0.2) is 11.4 Å². The third-order valence-corrected chi connectivity index (χ3v) is 13.6. The van der Waals surface area contributed by atoms with E-state index in [9.17, 15) is 62.1 Å². The average molecular weight is 1150 g/mol. The Balaban J connectivity index is 0.00000133. The Bertz CT molecular complexity index is 4010. The van der Waals surface area contributed by atoms with Crippen LogP contribution in [0.4, 0.5) is 33.6 Å². The maximum atomic E-state index is 12.7. The standard InChI is InChI=1S/C36H28ClN9O15S5.CO2.O3S/c1-18-13-27(29(61-11-2-12-63(49,50)51)16-26(18)42-45-36-39-32-30(62-36)14-19(37)15-31(32)65(55,56)57)43-40-24-9-8-23-22(33(24)47)7-10-25(34(23)66(58,59)60)41-44-28-17-38-46(35(28)48)20-3-5-21(6-4-20)64(52,53)54;2-1-3;1-4(2)3/h3-10,13-17,47-48H,2,11-12H2,1H3,(H,49,50,51)(H,52,53,54)(H,55,56,57)(H,58,59,60);;. The Morgan fingerprint density at radius 2 is 1.29 bits per heavy atom. The van der Waals surface area contributed by atoms with Gasteiger partial charge in [0, 0.05) is 21.9 Å². The molecule has 2 heterocycles. The number of nitrogens with zero attached hydrogens (tertiary/aromatic N) is 9. The number of aryl methyl sites for hydroxylation is 1. The topological polar surface area (TPSA) is 457 Å². The molecule has 2 aromatic heterocycles. The fraction of sp³-hybridized carbons (Fsp3) is 0.108. The van der Waals surface area contributed by atoms with Crippen molar-refractivity contribution < 1.29 is 89.0 Å². The van der Waals surface area contributed by atoms with Crippen molar-refractivity contribution in [3.05, 3.63) is 89.6 Å². The molecule has 36 heteroatoms. The summed E-state index contributed by atoms with van der Waals surface area (Å²) in [4.78, 5) is 18.7. The first-order chi connectivity index (χ1) is 34.0. The number of hydrogen-bond acceptors (Lipinski definition) is 25. The van der Waals surface area contributed by atoms with Gasteiger partial charge in [0.2, 0.25) is 11.0 Å². The quantitative estimate of drug-likeness (QED) is 0.0339. The molecule has 0 bridgehead atoms. The van der Waals surface area contributed by atoms with E-state index >= 15 is 0 Å². The lowest BCUT2D eigenvalue weighted by Gasteiger charge is -2.11. The largest absolute Gasteiger partial charge is 0.505 e. The van der Waals surface area contributed by atoms with E-state index in [1.165, 1.54) is 48.5 Å². The first kappa shape index (κ1) is 56.5. The molecule has 0 saturated carbocycles. The summed E-state index contributed by atoms with van der Waals surface area (Å²) < 4.78 is 165. The molecule has 384 valence electrons. The van der Waals surface area contributed by atoms with Crippen molar-refractivity contribution in [2.24, 2.45) is 30.7 Å². The van der Waals surface area contributed by atoms with Crippen molar-refractivity contribution in [1.82, 2.24) is 14.8 Å². The van der Waals surface area contributed by atoms with Crippen molar-refractivity contribution >= 4 is 135 Å². The van der Waals surface area contributed by atoms with Gasteiger partial charge in [-0.25, -0.2) is 4.98 Å². The number of fused-ring (bicyclic) bond motifs is 2. The van der Waals surface area contributed by atoms with Crippen molar-refractivity contribution in [2.75, 3.05) is 12.4 Å². The van der Waals surface area contributed by atoms with Crippen LogP contribution >= 0.6 is 22.9 Å². The summed E-state index contributed by atoms with van der Waals surface area (Å²) in [5.41, 5.74) is -0.261. The zero-order valence-electron chi connectivity index (χ0n) is 35.9. The van der Waals surface area contributed by atoms with Crippen LogP contribution in [0.5, 0.6) is 17.4 Å². The Morgan fingerprint density at radius 3 is 1.89 bits per heavy atom. The number of ether oxygens (including phenoxy) is 1. The lowest BCUT2D eigenvalue weighted by Crippen LogP contribution is -2.08. The van der Waals surface area contributed by atoms with E-state index in [1.807, 2.05) is 0 Å². The van der Waals surface area contributed by atoms with Crippen LogP contribution in [0.3, 0.4) is 0 Å². The SMILES string of the molecule is Cc1cc(N=Nc2ccc3c(S(=O)(=O)O)c(N=Nc4cnn(-c5ccc(S(=O)(=O)O)cc5)c4O)ccc3c2O)c(OCCCS(=O)(=O)O)cc1N=Nc1nc2c(S(=O)(=O)O)cc(Cl)cc2s1.O=C=O.O=S(=O)=O. The van der Waals surface area contributed by atoms with E-state index < -0.39 is 88.8 Å². The fourth-order valence-corrected chi connectivity index (χ4v) is 9.75. The second-order valence-electron chi connectivity index (χ2n) is 13.9. The second kappa shape index (κ2) is 23.0. The second-order valence-corrected chi connectivity index (χ2v) is 21.5. The predicted octanol–water partition coefficient (Wildman–Crippen LogP) is 7.06. The van der Waals surface area contributed by atoms with Crippen molar-refractivity contribution in [1.29, 1.82) is 0 Å². The summed E-state index contributed by atoms with van der Waals surface area (Å²) in [7, 11) is -21.7. The molecular weight excluding hydrogens is 1120 g/mol. The third-order valence-electron chi connectivity index (χ3n) is 8.99. The highest BCUT2D eigenvalue weighted by molar-refractivity contribution is 7.86. The van der Waals surface area contributed by atoms with Crippen LogP contribution < -0.4 is 4.74 Å². The molecule has 0 atom stereocenters. The minimum Gasteiger partial charge on any atom is -0.505 e. The highest BCUT2D eigenvalue weighted by Crippen LogP contribution is 2.44. The number of benzene rings is 5. The molecule has 0 fully saturated rings. The molecule has 0 unspecified atom stereocenters. The molecule has 5 aromatic carbocycles. The zero-order valence-corrected chi connectivity index (χ0v) is 41.5. The summed E-state index contributed by atoms with van der Waals surface area (Å²) in [6.45, 7) is 1.35. The minimum absolute atomic E-state index is 0.0151. The summed E-state index contributed by atoms with van der Waals surface area (Å²) >= 11 is 6.94. The predicted molar refractivity (Wildman–Crippen MR) is 250 cm³/mol. The van der Waals surface area contributed by atoms with Crippen LogP contribution in [0.2, 0.25) is 5.02 Å². The fourth-order valence-electron chi connectivity index (χ4n) is 6.02. The molecule has 7 rings (SSSR count). The van der Waals surface area contributed by atoms with Gasteiger partial charge in [-0.3, -0.25) is 18.2 Å². The van der Waals surface area contributed by atoms with Gasteiger partial charge in [0.1, 0.15) is 38.1 Å². The number of carbonyl (C=O) groups excluding carboxylic acids is 2. The van der Waals surface area contributed by atoms with Crippen LogP contribution in [0.15, 0.2) is 124 Å². The Hall–Kier alpha value is -7.41. The molecule has 0 amide bonds. The van der Waals surface area contributed by atoms with Crippen molar-refractivity contribution in [3.63, 3.8) is 0 Å². The van der Waals surface area contributed by atoms with Gasteiger partial charge in [-0.15, -0.1) is 43.3 Å². The zero-order chi connectivity index (χ0) is 54.2. The molecule has 0 aliphatic rings. The van der Waals surface area contributed by atoms with Crippen molar-refractivity contribution in [2.45, 2.75) is 28.0 Å². The molecule has 0 aliphatic heterocycles. The minimum atomic E-state index is -5.09. The molecule has 73 heavy (non-hydrogen) atoms. The first-order valence-corrected chi connectivity index (χ1v) is 27.1. The summed E-state index contributed by atoms with van der Waals surface area (Å²) in [5, 5.41) is 49.9. The van der Waals surface area contributed by atoms with E-state index in [1.54, 1.807) is 6.92 Å². The molecule has 0 radical (unpaired) electrons. The summed E-state index contributed by atoms with van der Waals surface area (Å²) in [6, 6.07) is 14.5. The normalized spacial score (nSPS) is 12.2. The van der Waals surface area contributed by atoms with E-state index in [-0.39, 0.29) is 84.5 Å². The lowest BCUT2D eigenvalue weighted by molar-refractivity contribution is -0.191. The van der Waals surface area contributed by atoms with Gasteiger partial charge in [-0.05, 0) is 79.6 Å². The van der Waals surface area contributed by atoms with E-state index in [4.69, 9.17) is 38.6 Å². The van der Waals surface area contributed by atoms with E-state index in [2.05, 4.69) is 40.8 Å². The number of phenols is 1. The molecule has 0 saturated heterocycles. The van der Waals surface area contributed by atoms with Gasteiger partial charge in [-0.2, -0.15) is 53.0 Å². The lowest BCUT2D eigenvalue weighted by atomic mass is 10.1. The molecule has 0 aliphatic carbocycles. The molecule has 0 spiro atoms. The smallest absolute Gasteiger partial charge is 0.425 e. The van der Waals surface area contributed by atoms with Gasteiger partial charge < -0.3 is 14.9 Å². The summed E-state index contributed by atoms with van der Waals surface area (Å²) in [6.07, 6.45) is 1.14. The highest BCUT2D eigenvalue weighted by Gasteiger charge is 2.24. The van der Waals surface area contributed by atoms with Crippen LogP contribution in [0.1, 0.15) is 12.0 Å². The maximum Gasteiger partial charge on any atom is 0.425 e. The van der Waals surface area contributed by atoms with Gasteiger partial charge in [-0.1, -0.05) is 29.0 Å². The van der Waals surface area contributed by atoms with Gasteiger partial charge in [0.05, 0.1) is 39.5 Å². The number of thiazole rings is 1. The number of hydrogen-bond donors (Lipinski definition) is 6. The van der Waals surface area contributed by atoms with Crippen LogP contribution in [0, 0.1) is 6.92 Å². The number of phenolic OH excluding ortho intramolecular Hbond substituents is 1. The Kier molecular flexibility index (Phi) is 17.8. The number of rotatable bonds is 15. The molecular formula is C37H28ClN9O20S6. The van der Waals surface area contributed by atoms with E-state index in [0.717, 1.165) is 46.5 Å². The molecule has 6 N–H and O–H groups in total. The Labute approximate surface area is 419 Å². The highest BCUT2D eigenvalue weighted by atomic mass is 35.5. The van der Waals surface area contributed by atoms with Crippen LogP contribution in [-0.2, 0) is 60.7 Å². The maximum absolute atomic E-state index is 12.7. The number of azo groups is 3. The molecule has 7 aromatic rings. The number of aromatic nitrogens is 3. The number of aromatic hydroxyl groups is 2. The number of halogens is 1. The van der Waals surface area contributed by atoms with Crippen molar-refractivity contribution in [3.8, 4) is 23.1 Å². The van der Waals surface area contributed by atoms with Crippen LogP contribution in [0.25, 0.3) is 26.7 Å². The molecule has 29 nitrogen and oxygen atoms in total. The monoisotopic (exact) mass is 1140 g/mol. The average Bonchev–Trinajstić information content (AvgIpc) is 3.87. The van der Waals surface area contributed by atoms with Gasteiger partial charge >= 0.3 is 16.8 Å². The van der Waals surface area contributed by atoms with E-state index in [0.29, 0.717) is 5.56 Å². The van der Waals surface area contributed by atoms with Crippen LogP contribution in [-0.4, -0.2) is 108 Å². The van der Waals surface area contributed by atoms with Gasteiger partial charge in [0.25, 0.3) is 40.5 Å².